The van der Waals surface area contributed by atoms with Crippen LogP contribution in [0.5, 0.6) is 0 Å². The van der Waals surface area contributed by atoms with Gasteiger partial charge >= 0.3 is 6.03 Å². The average Bonchev–Trinajstić information content (AvgIpc) is 3.58. The van der Waals surface area contributed by atoms with E-state index in [-0.39, 0.29) is 18.0 Å². The molecule has 1 aliphatic heterocycles. The summed E-state index contributed by atoms with van der Waals surface area (Å²) >= 11 is 0. The third-order valence-electron chi connectivity index (χ3n) is 5.83. The molecule has 2 aromatic rings. The predicted octanol–water partition coefficient (Wildman–Crippen LogP) is 4.14. The van der Waals surface area contributed by atoms with E-state index in [9.17, 15) is 9.59 Å². The van der Waals surface area contributed by atoms with Gasteiger partial charge in [0, 0.05) is 37.1 Å². The fraction of sp³-hybridized carbons (Fsp3) is 0.417. The molecule has 2 aliphatic rings. The number of nitrogens with zero attached hydrogens (tertiary/aromatic N) is 1. The molecule has 30 heavy (non-hydrogen) atoms. The molecule has 2 fully saturated rings. The summed E-state index contributed by atoms with van der Waals surface area (Å²) in [7, 11) is 0. The SMILES string of the molecule is CC1CCN(c2ccc(NC(=O)NCc3ccccc3)cc2C(=O)NC2CC2)CC1. The van der Waals surface area contributed by atoms with Crippen molar-refractivity contribution in [2.45, 2.75) is 45.2 Å². The number of carbonyl (C=O) groups is 2. The minimum Gasteiger partial charge on any atom is -0.371 e. The number of rotatable bonds is 6. The smallest absolute Gasteiger partial charge is 0.319 e. The Morgan fingerprint density at radius 2 is 1.73 bits per heavy atom. The molecule has 0 radical (unpaired) electrons. The highest BCUT2D eigenvalue weighted by Crippen LogP contribution is 2.29. The Kier molecular flexibility index (Phi) is 6.21. The zero-order valence-electron chi connectivity index (χ0n) is 17.5. The number of benzene rings is 2. The molecule has 1 aliphatic carbocycles. The normalized spacial score (nSPS) is 16.8. The standard InChI is InChI=1S/C24H30N4O2/c1-17-11-13-28(14-12-17)22-10-9-20(15-21(22)23(29)26-19-7-8-19)27-24(30)25-16-18-5-3-2-4-6-18/h2-6,9-10,15,17,19H,7-8,11-14,16H2,1H3,(H,26,29)(H2,25,27,30). The molecule has 158 valence electrons. The van der Waals surface area contributed by atoms with Crippen molar-refractivity contribution in [2.75, 3.05) is 23.3 Å². The lowest BCUT2D eigenvalue weighted by Gasteiger charge is -2.33. The van der Waals surface area contributed by atoms with E-state index >= 15 is 0 Å². The van der Waals surface area contributed by atoms with Crippen LogP contribution in [0.4, 0.5) is 16.2 Å². The second-order valence-electron chi connectivity index (χ2n) is 8.44. The molecular weight excluding hydrogens is 376 g/mol. The Hall–Kier alpha value is -3.02. The number of amides is 3. The van der Waals surface area contributed by atoms with Gasteiger partial charge in [0.15, 0.2) is 0 Å². The second kappa shape index (κ2) is 9.20. The molecule has 1 saturated carbocycles. The van der Waals surface area contributed by atoms with E-state index in [1.165, 1.54) is 0 Å². The second-order valence-corrected chi connectivity index (χ2v) is 8.44. The van der Waals surface area contributed by atoms with Gasteiger partial charge in [0.2, 0.25) is 0 Å². The molecular formula is C24H30N4O2. The maximum atomic E-state index is 12.9. The number of carbonyl (C=O) groups excluding carboxylic acids is 2. The zero-order chi connectivity index (χ0) is 20.9. The summed E-state index contributed by atoms with van der Waals surface area (Å²) in [5.41, 5.74) is 3.25. The lowest BCUT2D eigenvalue weighted by atomic mass is 9.98. The first-order valence-corrected chi connectivity index (χ1v) is 10.9. The lowest BCUT2D eigenvalue weighted by Crippen LogP contribution is -2.35. The molecule has 0 bridgehead atoms. The number of nitrogens with one attached hydrogen (secondary N) is 3. The third kappa shape index (κ3) is 5.32. The summed E-state index contributed by atoms with van der Waals surface area (Å²) < 4.78 is 0. The number of urea groups is 1. The predicted molar refractivity (Wildman–Crippen MR) is 120 cm³/mol. The van der Waals surface area contributed by atoms with Gasteiger partial charge in [-0.05, 0) is 55.4 Å². The first-order valence-electron chi connectivity index (χ1n) is 10.9. The zero-order valence-corrected chi connectivity index (χ0v) is 17.5. The molecule has 0 atom stereocenters. The van der Waals surface area contributed by atoms with Crippen molar-refractivity contribution in [3.8, 4) is 0 Å². The maximum absolute atomic E-state index is 12.9. The Morgan fingerprint density at radius 1 is 1.00 bits per heavy atom. The molecule has 6 nitrogen and oxygen atoms in total. The summed E-state index contributed by atoms with van der Waals surface area (Å²) in [6.45, 7) is 4.63. The van der Waals surface area contributed by atoms with Crippen LogP contribution in [0.25, 0.3) is 0 Å². The molecule has 3 amide bonds. The number of piperidine rings is 1. The van der Waals surface area contributed by atoms with Crippen molar-refractivity contribution in [3.63, 3.8) is 0 Å². The van der Waals surface area contributed by atoms with Crippen LogP contribution in [-0.2, 0) is 6.54 Å². The van der Waals surface area contributed by atoms with Gasteiger partial charge in [-0.1, -0.05) is 37.3 Å². The highest BCUT2D eigenvalue weighted by atomic mass is 16.2. The van der Waals surface area contributed by atoms with Crippen LogP contribution in [0.15, 0.2) is 48.5 Å². The monoisotopic (exact) mass is 406 g/mol. The Balaban J connectivity index is 1.46. The van der Waals surface area contributed by atoms with Gasteiger partial charge < -0.3 is 20.9 Å². The van der Waals surface area contributed by atoms with Crippen LogP contribution < -0.4 is 20.9 Å². The molecule has 1 saturated heterocycles. The van der Waals surface area contributed by atoms with Gasteiger partial charge in [0.25, 0.3) is 5.91 Å². The van der Waals surface area contributed by atoms with Crippen LogP contribution >= 0.6 is 0 Å². The Morgan fingerprint density at radius 3 is 2.43 bits per heavy atom. The largest absolute Gasteiger partial charge is 0.371 e. The van der Waals surface area contributed by atoms with E-state index < -0.39 is 0 Å². The lowest BCUT2D eigenvalue weighted by molar-refractivity contribution is 0.0951. The average molecular weight is 407 g/mol. The van der Waals surface area contributed by atoms with E-state index in [0.717, 1.165) is 55.9 Å². The molecule has 1 heterocycles. The van der Waals surface area contributed by atoms with Crippen molar-refractivity contribution in [1.29, 1.82) is 0 Å². The fourth-order valence-corrected chi connectivity index (χ4v) is 3.77. The van der Waals surface area contributed by atoms with Gasteiger partial charge in [0.1, 0.15) is 0 Å². The van der Waals surface area contributed by atoms with Crippen molar-refractivity contribution >= 4 is 23.3 Å². The van der Waals surface area contributed by atoms with Crippen molar-refractivity contribution in [1.82, 2.24) is 10.6 Å². The van der Waals surface area contributed by atoms with Crippen LogP contribution in [0.1, 0.15) is 48.5 Å². The van der Waals surface area contributed by atoms with Gasteiger partial charge in [-0.3, -0.25) is 4.79 Å². The fourth-order valence-electron chi connectivity index (χ4n) is 3.77. The Bertz CT molecular complexity index is 887. The highest BCUT2D eigenvalue weighted by molar-refractivity contribution is 6.02. The van der Waals surface area contributed by atoms with Gasteiger partial charge in [0.05, 0.1) is 5.56 Å². The maximum Gasteiger partial charge on any atom is 0.319 e. The summed E-state index contributed by atoms with van der Waals surface area (Å²) in [6.07, 6.45) is 4.35. The summed E-state index contributed by atoms with van der Waals surface area (Å²) in [4.78, 5) is 27.5. The minimum absolute atomic E-state index is 0.0561. The first-order chi connectivity index (χ1) is 14.6. The third-order valence-corrected chi connectivity index (χ3v) is 5.83. The molecule has 0 aromatic heterocycles. The quantitative estimate of drug-likeness (QED) is 0.675. The van der Waals surface area contributed by atoms with Gasteiger partial charge in [-0.2, -0.15) is 0 Å². The van der Waals surface area contributed by atoms with Crippen LogP contribution in [0, 0.1) is 5.92 Å². The number of hydrogen-bond donors (Lipinski definition) is 3. The minimum atomic E-state index is -0.285. The topological polar surface area (TPSA) is 73.5 Å². The number of anilines is 2. The van der Waals surface area contributed by atoms with Crippen LogP contribution in [0.2, 0.25) is 0 Å². The summed E-state index contributed by atoms with van der Waals surface area (Å²) in [6, 6.07) is 15.4. The van der Waals surface area contributed by atoms with E-state index in [0.29, 0.717) is 17.8 Å². The van der Waals surface area contributed by atoms with Crippen molar-refractivity contribution < 1.29 is 9.59 Å². The molecule has 6 heteroatoms. The number of hydrogen-bond acceptors (Lipinski definition) is 3. The van der Waals surface area contributed by atoms with Crippen LogP contribution in [-0.4, -0.2) is 31.1 Å². The van der Waals surface area contributed by atoms with Crippen molar-refractivity contribution in [2.24, 2.45) is 5.92 Å². The summed E-state index contributed by atoms with van der Waals surface area (Å²) in [5, 5.41) is 8.82. The molecule has 0 unspecified atom stereocenters. The molecule has 0 spiro atoms. The van der Waals surface area contributed by atoms with Crippen molar-refractivity contribution in [3.05, 3.63) is 59.7 Å². The summed E-state index contributed by atoms with van der Waals surface area (Å²) in [5.74, 6) is 0.665. The van der Waals surface area contributed by atoms with Gasteiger partial charge in [-0.25, -0.2) is 4.79 Å². The Labute approximate surface area is 178 Å². The first kappa shape index (κ1) is 20.3. The highest BCUT2D eigenvalue weighted by Gasteiger charge is 2.27. The van der Waals surface area contributed by atoms with E-state index in [4.69, 9.17) is 0 Å². The molecule has 3 N–H and O–H groups in total. The molecule has 4 rings (SSSR count). The van der Waals surface area contributed by atoms with E-state index in [1.807, 2.05) is 42.5 Å². The van der Waals surface area contributed by atoms with Crippen LogP contribution in [0.3, 0.4) is 0 Å². The molecule has 2 aromatic carbocycles. The van der Waals surface area contributed by atoms with Gasteiger partial charge in [-0.15, -0.1) is 0 Å². The van der Waals surface area contributed by atoms with E-state index in [1.54, 1.807) is 6.07 Å². The van der Waals surface area contributed by atoms with E-state index in [2.05, 4.69) is 27.8 Å².